The minimum Gasteiger partial charge on any atom is -0.388 e. The van der Waals surface area contributed by atoms with Crippen LogP contribution < -0.4 is 0 Å². The van der Waals surface area contributed by atoms with Gasteiger partial charge in [-0.3, -0.25) is 4.90 Å². The molecular weight excluding hydrogens is 286 g/mol. The number of nitrogens with zero attached hydrogens (tertiary/aromatic N) is 1. The molecule has 1 saturated heterocycles. The third-order valence-electron chi connectivity index (χ3n) is 4.77. The highest BCUT2D eigenvalue weighted by molar-refractivity contribution is 5.19. The second kappa shape index (κ2) is 7.73. The number of hydrogen-bond acceptors (Lipinski definition) is 3. The maximum atomic E-state index is 10.5. The maximum Gasteiger partial charge on any atom is 0.0917 e. The van der Waals surface area contributed by atoms with E-state index in [1.165, 1.54) is 0 Å². The van der Waals surface area contributed by atoms with Crippen molar-refractivity contribution in [3.63, 3.8) is 0 Å². The molecule has 0 aromatic heterocycles. The molecule has 2 N–H and O–H groups in total. The Hall–Kier alpha value is -1.68. The number of β-amino-alcohol motifs (C(OH)–C–C–N with tert-alkyl or cyclic N) is 1. The lowest BCUT2D eigenvalue weighted by molar-refractivity contribution is 0.0784. The van der Waals surface area contributed by atoms with E-state index >= 15 is 0 Å². The normalized spacial score (nSPS) is 21.2. The summed E-state index contributed by atoms with van der Waals surface area (Å²) in [6.07, 6.45) is 2.05. The van der Waals surface area contributed by atoms with Crippen LogP contribution in [0.1, 0.15) is 42.6 Å². The van der Waals surface area contributed by atoms with Gasteiger partial charge in [0.2, 0.25) is 0 Å². The van der Waals surface area contributed by atoms with Gasteiger partial charge in [-0.25, -0.2) is 0 Å². The molecule has 1 aliphatic rings. The third-order valence-corrected chi connectivity index (χ3v) is 4.77. The lowest BCUT2D eigenvalue weighted by Gasteiger charge is -2.28. The van der Waals surface area contributed by atoms with Crippen LogP contribution in [0.15, 0.2) is 60.7 Å². The Morgan fingerprint density at radius 3 is 2.04 bits per heavy atom. The molecule has 3 heteroatoms. The fourth-order valence-electron chi connectivity index (χ4n) is 3.47. The van der Waals surface area contributed by atoms with Crippen molar-refractivity contribution in [1.29, 1.82) is 0 Å². The van der Waals surface area contributed by atoms with Gasteiger partial charge in [-0.05, 0) is 36.9 Å². The highest BCUT2D eigenvalue weighted by Crippen LogP contribution is 2.29. The van der Waals surface area contributed by atoms with Crippen molar-refractivity contribution in [3.05, 3.63) is 71.8 Å². The fourth-order valence-corrected chi connectivity index (χ4v) is 3.47. The maximum absolute atomic E-state index is 10.5. The molecule has 122 valence electrons. The molecule has 0 radical (unpaired) electrons. The van der Waals surface area contributed by atoms with Gasteiger partial charge in [0.25, 0.3) is 0 Å². The second-order valence-corrected chi connectivity index (χ2v) is 6.38. The van der Waals surface area contributed by atoms with E-state index in [1.54, 1.807) is 0 Å². The number of rotatable bonds is 6. The molecule has 0 saturated carbocycles. The van der Waals surface area contributed by atoms with E-state index in [0.717, 1.165) is 36.9 Å². The van der Waals surface area contributed by atoms with Crippen molar-refractivity contribution in [3.8, 4) is 0 Å². The average molecular weight is 311 g/mol. The molecule has 2 aromatic rings. The van der Waals surface area contributed by atoms with Crippen molar-refractivity contribution in [2.24, 2.45) is 0 Å². The van der Waals surface area contributed by atoms with Crippen LogP contribution in [-0.2, 0) is 0 Å². The highest BCUT2D eigenvalue weighted by atomic mass is 16.3. The van der Waals surface area contributed by atoms with Gasteiger partial charge in [-0.2, -0.15) is 0 Å². The predicted molar refractivity (Wildman–Crippen MR) is 92.0 cm³/mol. The summed E-state index contributed by atoms with van der Waals surface area (Å²) in [6, 6.07) is 20.0. The molecular formula is C20H25NO2. The van der Waals surface area contributed by atoms with Crippen molar-refractivity contribution in [1.82, 2.24) is 4.90 Å². The zero-order valence-corrected chi connectivity index (χ0v) is 13.4. The van der Waals surface area contributed by atoms with Gasteiger partial charge in [0.1, 0.15) is 0 Å². The van der Waals surface area contributed by atoms with Gasteiger partial charge in [-0.15, -0.1) is 0 Å². The molecule has 3 nitrogen and oxygen atoms in total. The molecule has 23 heavy (non-hydrogen) atoms. The molecule has 0 aliphatic carbocycles. The van der Waals surface area contributed by atoms with Crippen molar-refractivity contribution >= 4 is 0 Å². The smallest absolute Gasteiger partial charge is 0.0917 e. The van der Waals surface area contributed by atoms with Crippen molar-refractivity contribution < 1.29 is 10.2 Å². The Balaban J connectivity index is 1.59. The van der Waals surface area contributed by atoms with Crippen LogP contribution in [0.5, 0.6) is 0 Å². The largest absolute Gasteiger partial charge is 0.388 e. The third kappa shape index (κ3) is 4.20. The van der Waals surface area contributed by atoms with E-state index in [0.29, 0.717) is 12.6 Å². The molecule has 1 aliphatic heterocycles. The number of likely N-dealkylation sites (tertiary alicyclic amines) is 1. The van der Waals surface area contributed by atoms with E-state index in [4.69, 9.17) is 0 Å². The van der Waals surface area contributed by atoms with E-state index in [2.05, 4.69) is 4.90 Å². The van der Waals surface area contributed by atoms with E-state index < -0.39 is 12.2 Å². The summed E-state index contributed by atoms with van der Waals surface area (Å²) in [4.78, 5) is 2.32. The Labute approximate surface area is 138 Å². The highest BCUT2D eigenvalue weighted by Gasteiger charge is 2.28. The first-order chi connectivity index (χ1) is 11.2. The van der Waals surface area contributed by atoms with Crippen LogP contribution in [0, 0.1) is 0 Å². The standard InChI is InChI=1S/C20H25NO2/c22-19(16-8-3-1-4-9-16)14-18-12-7-13-21(18)15-20(23)17-10-5-2-6-11-17/h1-6,8-11,18-20,22-23H,7,12-15H2. The minimum atomic E-state index is -0.467. The van der Waals surface area contributed by atoms with E-state index in [1.807, 2.05) is 60.7 Å². The van der Waals surface area contributed by atoms with E-state index in [9.17, 15) is 10.2 Å². The first kappa shape index (κ1) is 16.2. The molecule has 1 heterocycles. The second-order valence-electron chi connectivity index (χ2n) is 6.38. The summed E-state index contributed by atoms with van der Waals surface area (Å²) >= 11 is 0. The molecule has 3 unspecified atom stereocenters. The fraction of sp³-hybridized carbons (Fsp3) is 0.400. The SMILES string of the molecule is OC(CC1CCCN1CC(O)c1ccccc1)c1ccccc1. The zero-order valence-electron chi connectivity index (χ0n) is 13.4. The summed E-state index contributed by atoms with van der Waals surface area (Å²) in [5.41, 5.74) is 1.93. The van der Waals surface area contributed by atoms with Crippen LogP contribution in [0.3, 0.4) is 0 Å². The van der Waals surface area contributed by atoms with Crippen LogP contribution in [0.25, 0.3) is 0 Å². The molecule has 0 bridgehead atoms. The average Bonchev–Trinajstić information content (AvgIpc) is 3.03. The van der Waals surface area contributed by atoms with Crippen LogP contribution in [0.2, 0.25) is 0 Å². The summed E-state index contributed by atoms with van der Waals surface area (Å²) in [5, 5.41) is 20.9. The summed E-state index contributed by atoms with van der Waals surface area (Å²) in [5.74, 6) is 0. The van der Waals surface area contributed by atoms with E-state index in [-0.39, 0.29) is 0 Å². The van der Waals surface area contributed by atoms with Crippen LogP contribution >= 0.6 is 0 Å². The summed E-state index contributed by atoms with van der Waals surface area (Å²) < 4.78 is 0. The first-order valence-electron chi connectivity index (χ1n) is 8.44. The first-order valence-corrected chi connectivity index (χ1v) is 8.44. The quantitative estimate of drug-likeness (QED) is 0.860. The van der Waals surface area contributed by atoms with Gasteiger partial charge in [0, 0.05) is 12.6 Å². The Morgan fingerprint density at radius 1 is 0.870 bits per heavy atom. The van der Waals surface area contributed by atoms with Crippen molar-refractivity contribution in [2.75, 3.05) is 13.1 Å². The number of aliphatic hydroxyl groups is 2. The van der Waals surface area contributed by atoms with Gasteiger partial charge in [-0.1, -0.05) is 60.7 Å². The molecule has 0 spiro atoms. The minimum absolute atomic E-state index is 0.337. The monoisotopic (exact) mass is 311 g/mol. The molecule has 3 atom stereocenters. The lowest BCUT2D eigenvalue weighted by atomic mass is 10.00. The zero-order chi connectivity index (χ0) is 16.1. The summed E-state index contributed by atoms with van der Waals surface area (Å²) in [7, 11) is 0. The van der Waals surface area contributed by atoms with Gasteiger partial charge < -0.3 is 10.2 Å². The molecule has 0 amide bonds. The van der Waals surface area contributed by atoms with Crippen LogP contribution in [0.4, 0.5) is 0 Å². The number of hydrogen-bond donors (Lipinski definition) is 2. The Morgan fingerprint density at radius 2 is 1.43 bits per heavy atom. The number of aliphatic hydroxyl groups excluding tert-OH is 2. The topological polar surface area (TPSA) is 43.7 Å². The number of benzene rings is 2. The van der Waals surface area contributed by atoms with Gasteiger partial charge in [0.15, 0.2) is 0 Å². The Bertz CT molecular complexity index is 534. The summed E-state index contributed by atoms with van der Waals surface area (Å²) in [6.45, 7) is 1.63. The van der Waals surface area contributed by atoms with Crippen molar-refractivity contribution in [2.45, 2.75) is 37.5 Å². The molecule has 2 aromatic carbocycles. The van der Waals surface area contributed by atoms with Gasteiger partial charge >= 0.3 is 0 Å². The van der Waals surface area contributed by atoms with Crippen LogP contribution in [-0.4, -0.2) is 34.2 Å². The van der Waals surface area contributed by atoms with Gasteiger partial charge in [0.05, 0.1) is 12.2 Å². The molecule has 3 rings (SSSR count). The Kier molecular flexibility index (Phi) is 5.44. The lowest BCUT2D eigenvalue weighted by Crippen LogP contribution is -2.34. The molecule has 1 fully saturated rings. The predicted octanol–water partition coefficient (Wildman–Crippen LogP) is 3.31.